The molecule has 2 unspecified atom stereocenters. The van der Waals surface area contributed by atoms with Gasteiger partial charge in [0, 0.05) is 5.39 Å². The van der Waals surface area contributed by atoms with Crippen LogP contribution in [0.1, 0.15) is 29.0 Å². The maximum atomic E-state index is 10.7. The molecule has 3 aromatic rings. The lowest BCUT2D eigenvalue weighted by Crippen LogP contribution is -2.33. The van der Waals surface area contributed by atoms with E-state index in [2.05, 4.69) is 23.5 Å². The van der Waals surface area contributed by atoms with E-state index in [1.165, 1.54) is 5.56 Å². The summed E-state index contributed by atoms with van der Waals surface area (Å²) in [5, 5.41) is 15.2. The van der Waals surface area contributed by atoms with E-state index in [-0.39, 0.29) is 6.04 Å². The number of hydrogen-bond donors (Lipinski definition) is 2. The number of para-hydroxylation sites is 1. The highest BCUT2D eigenvalue weighted by Crippen LogP contribution is 2.35. The second kappa shape index (κ2) is 5.02. The minimum absolute atomic E-state index is 0.115. The Morgan fingerprint density at radius 2 is 1.90 bits per heavy atom. The lowest BCUT2D eigenvalue weighted by atomic mass is 9.90. The highest BCUT2D eigenvalue weighted by atomic mass is 16.4. The Morgan fingerprint density at radius 3 is 2.81 bits per heavy atom. The first-order valence-electron chi connectivity index (χ1n) is 7.30. The molecule has 2 atom stereocenters. The molecule has 1 aromatic heterocycles. The first-order chi connectivity index (χ1) is 10.3. The molecule has 0 fully saturated rings. The summed E-state index contributed by atoms with van der Waals surface area (Å²) in [6.07, 6.45) is 0.318. The zero-order valence-corrected chi connectivity index (χ0v) is 11.6. The number of hydrogen-bond acceptors (Lipinski definition) is 3. The van der Waals surface area contributed by atoms with Crippen molar-refractivity contribution in [3.63, 3.8) is 0 Å². The molecule has 1 aliphatic heterocycles. The lowest BCUT2D eigenvalue weighted by molar-refractivity contribution is 0.104. The van der Waals surface area contributed by atoms with E-state index >= 15 is 0 Å². The number of furan rings is 1. The van der Waals surface area contributed by atoms with Crippen molar-refractivity contribution < 1.29 is 9.52 Å². The summed E-state index contributed by atoms with van der Waals surface area (Å²) < 4.78 is 5.81. The maximum absolute atomic E-state index is 10.7. The molecule has 3 nitrogen and oxygen atoms in total. The molecule has 2 heterocycles. The highest BCUT2D eigenvalue weighted by Gasteiger charge is 2.29. The van der Waals surface area contributed by atoms with E-state index in [1.54, 1.807) is 0 Å². The van der Waals surface area contributed by atoms with Crippen molar-refractivity contribution in [3.05, 3.63) is 71.5 Å². The van der Waals surface area contributed by atoms with Gasteiger partial charge in [-0.15, -0.1) is 0 Å². The van der Waals surface area contributed by atoms with Crippen molar-refractivity contribution in [1.29, 1.82) is 0 Å². The topological polar surface area (TPSA) is 45.4 Å². The van der Waals surface area contributed by atoms with Gasteiger partial charge in [-0.05, 0) is 36.2 Å². The molecule has 106 valence electrons. The van der Waals surface area contributed by atoms with Crippen LogP contribution in [0.15, 0.2) is 59.0 Å². The third-order valence-corrected chi connectivity index (χ3v) is 4.20. The van der Waals surface area contributed by atoms with Crippen LogP contribution in [-0.2, 0) is 6.42 Å². The van der Waals surface area contributed by atoms with Crippen molar-refractivity contribution in [3.8, 4) is 0 Å². The van der Waals surface area contributed by atoms with Crippen LogP contribution in [0.3, 0.4) is 0 Å². The van der Waals surface area contributed by atoms with Crippen LogP contribution in [0.5, 0.6) is 0 Å². The summed E-state index contributed by atoms with van der Waals surface area (Å²) in [5.41, 5.74) is 3.28. The van der Waals surface area contributed by atoms with Gasteiger partial charge in [-0.1, -0.05) is 42.5 Å². The number of nitrogens with one attached hydrogen (secondary N) is 1. The van der Waals surface area contributed by atoms with Crippen molar-refractivity contribution in [2.45, 2.75) is 18.6 Å². The fourth-order valence-corrected chi connectivity index (χ4v) is 3.13. The molecule has 0 radical (unpaired) electrons. The first-order valence-corrected chi connectivity index (χ1v) is 7.30. The predicted octanol–water partition coefficient (Wildman–Crippen LogP) is 3.35. The molecule has 2 aromatic carbocycles. The second-order valence-electron chi connectivity index (χ2n) is 5.51. The molecule has 0 saturated carbocycles. The highest BCUT2D eigenvalue weighted by molar-refractivity contribution is 5.77. The molecular formula is C18H17NO2. The average molecular weight is 279 g/mol. The lowest BCUT2D eigenvalue weighted by Gasteiger charge is -2.29. The van der Waals surface area contributed by atoms with Crippen LogP contribution in [0, 0.1) is 0 Å². The number of benzene rings is 2. The number of rotatable bonds is 2. The quantitative estimate of drug-likeness (QED) is 0.756. The molecule has 1 aliphatic rings. The third-order valence-electron chi connectivity index (χ3n) is 4.20. The average Bonchev–Trinajstić information content (AvgIpc) is 2.97. The van der Waals surface area contributed by atoms with Crippen LogP contribution in [0.4, 0.5) is 0 Å². The Balaban J connectivity index is 1.73. The molecule has 0 saturated heterocycles. The normalized spacial score (nSPS) is 19.4. The largest absolute Gasteiger partial charge is 0.458 e. The van der Waals surface area contributed by atoms with Crippen molar-refractivity contribution >= 4 is 11.0 Å². The third kappa shape index (κ3) is 2.15. The van der Waals surface area contributed by atoms with Gasteiger partial charge >= 0.3 is 0 Å². The Labute approximate surface area is 123 Å². The van der Waals surface area contributed by atoms with E-state index in [1.807, 2.05) is 36.4 Å². The molecule has 0 aliphatic carbocycles. The summed E-state index contributed by atoms with van der Waals surface area (Å²) in [7, 11) is 0. The molecule has 0 spiro atoms. The summed E-state index contributed by atoms with van der Waals surface area (Å²) in [6.45, 7) is 0.874. The molecule has 0 amide bonds. The molecule has 21 heavy (non-hydrogen) atoms. The summed E-state index contributed by atoms with van der Waals surface area (Å²) in [5.74, 6) is 0.616. The van der Waals surface area contributed by atoms with Crippen molar-refractivity contribution in [2.75, 3.05) is 6.54 Å². The maximum Gasteiger partial charge on any atom is 0.135 e. The summed E-state index contributed by atoms with van der Waals surface area (Å²) >= 11 is 0. The first kappa shape index (κ1) is 12.6. The van der Waals surface area contributed by atoms with E-state index in [4.69, 9.17) is 4.42 Å². The summed E-state index contributed by atoms with van der Waals surface area (Å²) in [6, 6.07) is 17.9. The Kier molecular flexibility index (Phi) is 3.02. The van der Waals surface area contributed by atoms with Crippen LogP contribution >= 0.6 is 0 Å². The van der Waals surface area contributed by atoms with Gasteiger partial charge in [-0.2, -0.15) is 0 Å². The molecule has 4 rings (SSSR count). The molecule has 3 heteroatoms. The Morgan fingerprint density at radius 1 is 1.10 bits per heavy atom. The van der Waals surface area contributed by atoms with Gasteiger partial charge in [-0.3, -0.25) is 0 Å². The second-order valence-corrected chi connectivity index (χ2v) is 5.51. The zero-order chi connectivity index (χ0) is 14.2. The van der Waals surface area contributed by atoms with Crippen molar-refractivity contribution in [1.82, 2.24) is 5.32 Å². The van der Waals surface area contributed by atoms with E-state index in [0.717, 1.165) is 29.5 Å². The van der Waals surface area contributed by atoms with Gasteiger partial charge in [-0.25, -0.2) is 0 Å². The van der Waals surface area contributed by atoms with Crippen LogP contribution in [0.25, 0.3) is 11.0 Å². The van der Waals surface area contributed by atoms with Gasteiger partial charge < -0.3 is 14.8 Å². The Hall–Kier alpha value is -2.10. The predicted molar refractivity (Wildman–Crippen MR) is 82.1 cm³/mol. The zero-order valence-electron chi connectivity index (χ0n) is 11.6. The molecule has 2 N–H and O–H groups in total. The standard InChI is InChI=1S/C18H17NO2/c20-18(16-11-13-6-2-4-8-15(13)21-16)17-14-7-3-1-5-12(14)9-10-19-17/h1-8,11,17-20H,9-10H2. The fourth-order valence-electron chi connectivity index (χ4n) is 3.13. The van der Waals surface area contributed by atoms with Gasteiger partial charge in [0.15, 0.2) is 0 Å². The molecule has 0 bridgehead atoms. The fraction of sp³-hybridized carbons (Fsp3) is 0.222. The van der Waals surface area contributed by atoms with Gasteiger partial charge in [0.2, 0.25) is 0 Å². The van der Waals surface area contributed by atoms with Crippen LogP contribution in [0.2, 0.25) is 0 Å². The van der Waals surface area contributed by atoms with Crippen LogP contribution in [-0.4, -0.2) is 11.7 Å². The van der Waals surface area contributed by atoms with Gasteiger partial charge in [0.1, 0.15) is 17.4 Å². The Bertz CT molecular complexity index is 744. The van der Waals surface area contributed by atoms with E-state index < -0.39 is 6.10 Å². The summed E-state index contributed by atoms with van der Waals surface area (Å²) in [4.78, 5) is 0. The monoisotopic (exact) mass is 279 g/mol. The SMILES string of the molecule is OC(c1cc2ccccc2o1)C1NCCc2ccccc21. The number of fused-ring (bicyclic) bond motifs is 2. The minimum atomic E-state index is -0.682. The van der Waals surface area contributed by atoms with Crippen LogP contribution < -0.4 is 5.32 Å². The van der Waals surface area contributed by atoms with Gasteiger partial charge in [0.05, 0.1) is 6.04 Å². The van der Waals surface area contributed by atoms with Crippen molar-refractivity contribution in [2.24, 2.45) is 0 Å². The molecular weight excluding hydrogens is 262 g/mol. The number of aliphatic hydroxyl groups excluding tert-OH is 1. The number of aliphatic hydroxyl groups is 1. The van der Waals surface area contributed by atoms with E-state index in [9.17, 15) is 5.11 Å². The minimum Gasteiger partial charge on any atom is -0.458 e. The smallest absolute Gasteiger partial charge is 0.135 e. The van der Waals surface area contributed by atoms with E-state index in [0.29, 0.717) is 5.76 Å². The van der Waals surface area contributed by atoms with Gasteiger partial charge in [0.25, 0.3) is 0 Å².